The van der Waals surface area contributed by atoms with Crippen LogP contribution in [0.1, 0.15) is 29.0 Å². The Bertz CT molecular complexity index is 460. The number of hydrogen-bond donors (Lipinski definition) is 1. The highest BCUT2D eigenvalue weighted by molar-refractivity contribution is 5.87. The van der Waals surface area contributed by atoms with Gasteiger partial charge in [0.25, 0.3) is 5.92 Å². The zero-order chi connectivity index (χ0) is 12.8. The van der Waals surface area contributed by atoms with E-state index in [1.165, 1.54) is 17.7 Å². The maximum atomic E-state index is 12.9. The third kappa shape index (κ3) is 1.82. The minimum absolute atomic E-state index is 0.308. The second-order valence-electron chi connectivity index (χ2n) is 4.52. The summed E-state index contributed by atoms with van der Waals surface area (Å²) in [6.45, 7) is 0. The predicted molar refractivity (Wildman–Crippen MR) is 56.8 cm³/mol. The number of carbonyl (C=O) groups is 1. The number of rotatable bonds is 2. The molecule has 0 amide bonds. The molecule has 2 N–H and O–H groups in total. The highest BCUT2D eigenvalue weighted by atomic mass is 19.3. The Balaban J connectivity index is 2.30. The summed E-state index contributed by atoms with van der Waals surface area (Å²) in [6, 6.07) is 3.13. The molecule has 1 fully saturated rings. The molecule has 0 atom stereocenters. The van der Waals surface area contributed by atoms with E-state index < -0.39 is 30.3 Å². The SMILES string of the molecule is COC(=O)c1ccc(C2(N)CC(F)(F)C2)n1C. The number of halogens is 2. The van der Waals surface area contributed by atoms with Crippen molar-refractivity contribution in [2.45, 2.75) is 24.3 Å². The van der Waals surface area contributed by atoms with E-state index in [2.05, 4.69) is 4.74 Å². The molecule has 2 rings (SSSR count). The number of ether oxygens (including phenoxy) is 1. The number of aromatic nitrogens is 1. The van der Waals surface area contributed by atoms with Gasteiger partial charge in [0.05, 0.1) is 12.6 Å². The van der Waals surface area contributed by atoms with E-state index in [1.807, 2.05) is 0 Å². The Hall–Kier alpha value is -1.43. The van der Waals surface area contributed by atoms with Crippen molar-refractivity contribution in [1.82, 2.24) is 4.57 Å². The highest BCUT2D eigenvalue weighted by Crippen LogP contribution is 2.49. The van der Waals surface area contributed by atoms with Crippen LogP contribution in [0.3, 0.4) is 0 Å². The van der Waals surface area contributed by atoms with Crippen LogP contribution in [-0.4, -0.2) is 23.6 Å². The minimum atomic E-state index is -2.70. The van der Waals surface area contributed by atoms with E-state index in [9.17, 15) is 13.6 Å². The number of alkyl halides is 2. The smallest absolute Gasteiger partial charge is 0.354 e. The van der Waals surface area contributed by atoms with Gasteiger partial charge in [-0.25, -0.2) is 13.6 Å². The van der Waals surface area contributed by atoms with E-state index in [0.717, 1.165) is 0 Å². The molecule has 0 radical (unpaired) electrons. The molecular weight excluding hydrogens is 230 g/mol. The van der Waals surface area contributed by atoms with Crippen LogP contribution in [0.5, 0.6) is 0 Å². The molecule has 0 bridgehead atoms. The van der Waals surface area contributed by atoms with Crippen molar-refractivity contribution in [2.75, 3.05) is 7.11 Å². The van der Waals surface area contributed by atoms with Crippen LogP contribution < -0.4 is 5.73 Å². The molecule has 1 heterocycles. The first-order chi connectivity index (χ1) is 7.79. The molecule has 0 aliphatic heterocycles. The Morgan fingerprint density at radius 3 is 2.53 bits per heavy atom. The van der Waals surface area contributed by atoms with E-state index >= 15 is 0 Å². The monoisotopic (exact) mass is 244 g/mol. The van der Waals surface area contributed by atoms with Gasteiger partial charge >= 0.3 is 5.97 Å². The van der Waals surface area contributed by atoms with E-state index in [4.69, 9.17) is 5.73 Å². The molecule has 0 aromatic carbocycles. The standard InChI is InChI=1S/C11H14F2N2O2/c1-15-7(9(16)17-2)3-4-8(15)10(14)5-11(12,13)6-10/h3-4H,5-6,14H2,1-2H3. The van der Waals surface area contributed by atoms with Gasteiger partial charge in [0.15, 0.2) is 0 Å². The lowest BCUT2D eigenvalue weighted by molar-refractivity contribution is -0.126. The molecule has 0 spiro atoms. The Morgan fingerprint density at radius 1 is 1.47 bits per heavy atom. The van der Waals surface area contributed by atoms with Crippen LogP contribution in [-0.2, 0) is 17.3 Å². The van der Waals surface area contributed by atoms with E-state index in [-0.39, 0.29) is 0 Å². The summed E-state index contributed by atoms with van der Waals surface area (Å²) < 4.78 is 31.9. The number of methoxy groups -OCH3 is 1. The van der Waals surface area contributed by atoms with Crippen LogP contribution >= 0.6 is 0 Å². The maximum absolute atomic E-state index is 12.9. The van der Waals surface area contributed by atoms with Crippen molar-refractivity contribution in [1.29, 1.82) is 0 Å². The zero-order valence-electron chi connectivity index (χ0n) is 9.67. The van der Waals surface area contributed by atoms with Crippen LogP contribution in [0, 0.1) is 0 Å². The summed E-state index contributed by atoms with van der Waals surface area (Å²) in [6.07, 6.45) is -0.781. The number of nitrogens with two attached hydrogens (primary N) is 1. The summed E-state index contributed by atoms with van der Waals surface area (Å²) in [5.41, 5.74) is 5.69. The summed E-state index contributed by atoms with van der Waals surface area (Å²) in [4.78, 5) is 11.4. The maximum Gasteiger partial charge on any atom is 0.354 e. The number of carbonyl (C=O) groups excluding carboxylic acids is 1. The third-order valence-electron chi connectivity index (χ3n) is 3.17. The first kappa shape index (κ1) is 12.0. The minimum Gasteiger partial charge on any atom is -0.464 e. The largest absolute Gasteiger partial charge is 0.464 e. The second-order valence-corrected chi connectivity index (χ2v) is 4.52. The van der Waals surface area contributed by atoms with Crippen molar-refractivity contribution < 1.29 is 18.3 Å². The molecule has 1 aromatic heterocycles. The normalized spacial score (nSPS) is 20.8. The molecule has 94 valence electrons. The van der Waals surface area contributed by atoms with Crippen molar-refractivity contribution in [3.63, 3.8) is 0 Å². The lowest BCUT2D eigenvalue weighted by atomic mass is 9.72. The van der Waals surface area contributed by atoms with Crippen LogP contribution in [0.25, 0.3) is 0 Å². The van der Waals surface area contributed by atoms with Crippen molar-refractivity contribution in [3.05, 3.63) is 23.5 Å². The molecule has 0 unspecified atom stereocenters. The summed E-state index contributed by atoms with van der Waals surface area (Å²) in [5, 5.41) is 0. The molecule has 0 saturated heterocycles. The van der Waals surface area contributed by atoms with Crippen LogP contribution in [0.2, 0.25) is 0 Å². The van der Waals surface area contributed by atoms with Gasteiger partial charge in [0.2, 0.25) is 0 Å². The fourth-order valence-corrected chi connectivity index (χ4v) is 2.37. The van der Waals surface area contributed by atoms with Crippen molar-refractivity contribution in [3.8, 4) is 0 Å². The Kier molecular flexibility index (Phi) is 2.50. The van der Waals surface area contributed by atoms with Crippen molar-refractivity contribution in [2.24, 2.45) is 12.8 Å². The summed E-state index contributed by atoms with van der Waals surface area (Å²) >= 11 is 0. The van der Waals surface area contributed by atoms with E-state index in [0.29, 0.717) is 11.4 Å². The molecule has 1 aliphatic carbocycles. The number of nitrogens with zero attached hydrogens (tertiary/aromatic N) is 1. The van der Waals surface area contributed by atoms with Gasteiger partial charge in [-0.05, 0) is 12.1 Å². The van der Waals surface area contributed by atoms with E-state index in [1.54, 1.807) is 13.1 Å². The van der Waals surface area contributed by atoms with Gasteiger partial charge in [-0.15, -0.1) is 0 Å². The predicted octanol–water partition coefficient (Wildman–Crippen LogP) is 1.39. The molecular formula is C11H14F2N2O2. The molecule has 1 saturated carbocycles. The first-order valence-corrected chi connectivity index (χ1v) is 5.20. The zero-order valence-corrected chi connectivity index (χ0v) is 9.67. The van der Waals surface area contributed by atoms with Crippen LogP contribution in [0.4, 0.5) is 8.78 Å². The lowest BCUT2D eigenvalue weighted by Gasteiger charge is -2.44. The van der Waals surface area contributed by atoms with Gasteiger partial charge in [-0.3, -0.25) is 0 Å². The Labute approximate surface area is 97.3 Å². The number of esters is 1. The topological polar surface area (TPSA) is 57.2 Å². The fourth-order valence-electron chi connectivity index (χ4n) is 2.37. The molecule has 17 heavy (non-hydrogen) atoms. The van der Waals surface area contributed by atoms with Crippen molar-refractivity contribution >= 4 is 5.97 Å². The van der Waals surface area contributed by atoms with Gasteiger partial charge in [-0.1, -0.05) is 0 Å². The fraction of sp³-hybridized carbons (Fsp3) is 0.545. The van der Waals surface area contributed by atoms with Gasteiger partial charge in [0.1, 0.15) is 5.69 Å². The average molecular weight is 244 g/mol. The molecule has 6 heteroatoms. The molecule has 1 aromatic rings. The van der Waals surface area contributed by atoms with Gasteiger partial charge in [0, 0.05) is 25.6 Å². The third-order valence-corrected chi connectivity index (χ3v) is 3.17. The first-order valence-electron chi connectivity index (χ1n) is 5.20. The molecule has 4 nitrogen and oxygen atoms in total. The quantitative estimate of drug-likeness (QED) is 0.800. The summed E-state index contributed by atoms with van der Waals surface area (Å²) in [7, 11) is 2.89. The van der Waals surface area contributed by atoms with Gasteiger partial charge in [-0.2, -0.15) is 0 Å². The number of hydrogen-bond acceptors (Lipinski definition) is 3. The summed E-state index contributed by atoms with van der Waals surface area (Å²) in [5.74, 6) is -3.21. The lowest BCUT2D eigenvalue weighted by Crippen LogP contribution is -2.56. The van der Waals surface area contributed by atoms with Gasteiger partial charge < -0.3 is 15.0 Å². The average Bonchev–Trinajstić information content (AvgIpc) is 2.56. The highest BCUT2D eigenvalue weighted by Gasteiger charge is 2.56. The van der Waals surface area contributed by atoms with Crippen LogP contribution in [0.15, 0.2) is 12.1 Å². The second kappa shape index (κ2) is 3.53. The molecule has 1 aliphatic rings. The Morgan fingerprint density at radius 2 is 2.06 bits per heavy atom.